The Kier molecular flexibility index (Phi) is 3.90. The second-order valence-electron chi connectivity index (χ2n) is 5.07. The second kappa shape index (κ2) is 6.23. The summed E-state index contributed by atoms with van der Waals surface area (Å²) < 4.78 is 15.2. The Morgan fingerprint density at radius 3 is 2.80 bits per heavy atom. The highest BCUT2D eigenvalue weighted by Gasteiger charge is 2.17. The van der Waals surface area contributed by atoms with Crippen molar-refractivity contribution >= 4 is 38.9 Å². The number of benzene rings is 2. The zero-order chi connectivity index (χ0) is 17.4. The summed E-state index contributed by atoms with van der Waals surface area (Å²) in [7, 11) is 0. The van der Waals surface area contributed by atoms with E-state index in [4.69, 9.17) is 11.6 Å². The Hall–Kier alpha value is -2.84. The normalized spacial score (nSPS) is 11.0. The number of carbonyl (C=O) groups is 1. The lowest BCUT2D eigenvalue weighted by Crippen LogP contribution is -2.13. The van der Waals surface area contributed by atoms with E-state index in [0.717, 1.165) is 16.9 Å². The first-order valence-corrected chi connectivity index (χ1v) is 8.35. The Morgan fingerprint density at radius 2 is 2.00 bits per heavy atom. The van der Waals surface area contributed by atoms with Crippen LogP contribution in [0, 0.1) is 5.82 Å². The van der Waals surface area contributed by atoms with Crippen LogP contribution in [0.25, 0.3) is 16.3 Å². The minimum absolute atomic E-state index is 0.0523. The van der Waals surface area contributed by atoms with Gasteiger partial charge in [0.1, 0.15) is 5.82 Å². The van der Waals surface area contributed by atoms with Crippen molar-refractivity contribution in [1.82, 2.24) is 19.8 Å². The van der Waals surface area contributed by atoms with Crippen molar-refractivity contribution in [2.24, 2.45) is 0 Å². The van der Waals surface area contributed by atoms with E-state index in [1.165, 1.54) is 22.7 Å². The van der Waals surface area contributed by atoms with Crippen LogP contribution in [0.1, 0.15) is 10.4 Å². The molecule has 0 unspecified atom stereocenters. The fourth-order valence-corrected chi connectivity index (χ4v) is 3.21. The van der Waals surface area contributed by atoms with E-state index in [2.05, 4.69) is 20.6 Å². The highest BCUT2D eigenvalue weighted by atomic mass is 35.5. The van der Waals surface area contributed by atoms with E-state index in [0.29, 0.717) is 20.9 Å². The number of nitrogens with one attached hydrogen (secondary N) is 1. The molecule has 6 nitrogen and oxygen atoms in total. The zero-order valence-electron chi connectivity index (χ0n) is 12.5. The third-order valence-corrected chi connectivity index (χ3v) is 4.46. The number of fused-ring (bicyclic) bond motifs is 1. The van der Waals surface area contributed by atoms with Crippen molar-refractivity contribution in [2.75, 3.05) is 5.32 Å². The first-order valence-electron chi connectivity index (χ1n) is 7.16. The maximum absolute atomic E-state index is 13.7. The van der Waals surface area contributed by atoms with Crippen molar-refractivity contribution in [3.8, 4) is 11.4 Å². The summed E-state index contributed by atoms with van der Waals surface area (Å²) in [5, 5.41) is 15.9. The molecule has 1 amide bonds. The smallest absolute Gasteiger partial charge is 0.260 e. The first-order chi connectivity index (χ1) is 12.1. The number of nitrogens with zero attached hydrogens (tertiary/aromatic N) is 4. The fourth-order valence-electron chi connectivity index (χ4n) is 2.28. The highest BCUT2D eigenvalue weighted by Crippen LogP contribution is 2.26. The van der Waals surface area contributed by atoms with Gasteiger partial charge in [-0.2, -0.15) is 4.52 Å². The van der Waals surface area contributed by atoms with Gasteiger partial charge in [-0.1, -0.05) is 47.2 Å². The highest BCUT2D eigenvalue weighted by molar-refractivity contribution is 7.20. The average molecular weight is 374 g/mol. The number of carbonyl (C=O) groups excluding carboxylic acids is 1. The number of hydrogen-bond donors (Lipinski definition) is 1. The van der Waals surface area contributed by atoms with Gasteiger partial charge in [-0.05, 0) is 24.3 Å². The molecule has 2 heterocycles. The van der Waals surface area contributed by atoms with Crippen molar-refractivity contribution in [3.05, 3.63) is 64.9 Å². The molecule has 2 aromatic carbocycles. The topological polar surface area (TPSA) is 72.2 Å². The summed E-state index contributed by atoms with van der Waals surface area (Å²) in [6.07, 6.45) is 0. The quantitative estimate of drug-likeness (QED) is 0.591. The number of halogens is 2. The lowest BCUT2D eigenvalue weighted by molar-refractivity contribution is 0.102. The number of anilines is 1. The number of amides is 1. The maximum atomic E-state index is 13.7. The molecule has 0 saturated carbocycles. The molecule has 0 fully saturated rings. The molecule has 0 aliphatic heterocycles. The summed E-state index contributed by atoms with van der Waals surface area (Å²) >= 11 is 7.14. The van der Waals surface area contributed by atoms with E-state index < -0.39 is 11.7 Å². The third kappa shape index (κ3) is 2.97. The summed E-state index contributed by atoms with van der Waals surface area (Å²) in [5.41, 5.74) is 0.695. The number of hydrogen-bond acceptors (Lipinski definition) is 5. The number of rotatable bonds is 3. The van der Waals surface area contributed by atoms with E-state index in [1.54, 1.807) is 24.3 Å². The van der Waals surface area contributed by atoms with Crippen LogP contribution in [-0.4, -0.2) is 25.7 Å². The molecule has 25 heavy (non-hydrogen) atoms. The van der Waals surface area contributed by atoms with E-state index in [1.807, 2.05) is 6.07 Å². The molecular weight excluding hydrogens is 365 g/mol. The van der Waals surface area contributed by atoms with Crippen molar-refractivity contribution in [3.63, 3.8) is 0 Å². The molecule has 124 valence electrons. The van der Waals surface area contributed by atoms with Gasteiger partial charge in [-0.15, -0.1) is 15.3 Å². The molecule has 1 N–H and O–H groups in total. The summed E-state index contributed by atoms with van der Waals surface area (Å²) in [6.45, 7) is 0. The molecule has 4 aromatic rings. The lowest BCUT2D eigenvalue weighted by Gasteiger charge is -2.02. The van der Waals surface area contributed by atoms with Gasteiger partial charge in [0.05, 0.1) is 5.56 Å². The van der Waals surface area contributed by atoms with Crippen molar-refractivity contribution in [2.45, 2.75) is 0 Å². The zero-order valence-corrected chi connectivity index (χ0v) is 14.1. The van der Waals surface area contributed by atoms with Gasteiger partial charge in [0, 0.05) is 10.6 Å². The molecule has 0 radical (unpaired) electrons. The molecule has 0 spiro atoms. The van der Waals surface area contributed by atoms with Crippen LogP contribution in [0.4, 0.5) is 9.52 Å². The van der Waals surface area contributed by atoms with Crippen molar-refractivity contribution < 1.29 is 9.18 Å². The standard InChI is InChI=1S/C16H9ClFN5OS/c17-10-5-3-4-9(8-10)13-20-21-16-23(13)22-15(25-16)19-14(24)11-6-1-2-7-12(11)18/h1-8H,(H,19,22,24). The fraction of sp³-hybridized carbons (Fsp3) is 0. The predicted octanol–water partition coefficient (Wildman–Crippen LogP) is 3.90. The third-order valence-electron chi connectivity index (χ3n) is 3.41. The Bertz CT molecular complexity index is 1090. The van der Waals surface area contributed by atoms with E-state index in [9.17, 15) is 9.18 Å². The summed E-state index contributed by atoms with van der Waals surface area (Å²) in [5.74, 6) is -0.671. The molecule has 0 aliphatic carbocycles. The molecule has 4 rings (SSSR count). The van der Waals surface area contributed by atoms with Gasteiger partial charge in [0.2, 0.25) is 10.1 Å². The first kappa shape index (κ1) is 15.7. The Balaban J connectivity index is 1.67. The molecule has 9 heteroatoms. The average Bonchev–Trinajstić information content (AvgIpc) is 3.15. The molecule has 0 aliphatic rings. The van der Waals surface area contributed by atoms with Gasteiger partial charge >= 0.3 is 0 Å². The number of aromatic nitrogens is 4. The van der Waals surface area contributed by atoms with Crippen LogP contribution >= 0.6 is 22.9 Å². The second-order valence-corrected chi connectivity index (χ2v) is 6.46. The van der Waals surface area contributed by atoms with Crippen LogP contribution in [0.2, 0.25) is 5.02 Å². The minimum Gasteiger partial charge on any atom is -0.296 e. The predicted molar refractivity (Wildman–Crippen MR) is 93.5 cm³/mol. The van der Waals surface area contributed by atoms with Gasteiger partial charge in [0.25, 0.3) is 5.91 Å². The van der Waals surface area contributed by atoms with E-state index >= 15 is 0 Å². The Labute approximate surface area is 149 Å². The molecule has 2 aromatic heterocycles. The van der Waals surface area contributed by atoms with E-state index in [-0.39, 0.29) is 5.56 Å². The van der Waals surface area contributed by atoms with Crippen LogP contribution in [0.5, 0.6) is 0 Å². The maximum Gasteiger partial charge on any atom is 0.260 e. The van der Waals surface area contributed by atoms with Crippen LogP contribution in [-0.2, 0) is 0 Å². The largest absolute Gasteiger partial charge is 0.296 e. The minimum atomic E-state index is -0.595. The van der Waals surface area contributed by atoms with Crippen LogP contribution in [0.3, 0.4) is 0 Å². The summed E-state index contributed by atoms with van der Waals surface area (Å²) in [4.78, 5) is 12.7. The molecule has 0 bridgehead atoms. The van der Waals surface area contributed by atoms with Gasteiger partial charge in [0.15, 0.2) is 5.82 Å². The molecular formula is C16H9ClFN5OS. The molecule has 0 saturated heterocycles. The lowest BCUT2D eigenvalue weighted by atomic mass is 10.2. The molecule has 0 atom stereocenters. The monoisotopic (exact) mass is 373 g/mol. The van der Waals surface area contributed by atoms with Gasteiger partial charge in [-0.3, -0.25) is 10.1 Å². The van der Waals surface area contributed by atoms with Crippen LogP contribution < -0.4 is 5.32 Å². The van der Waals surface area contributed by atoms with Crippen molar-refractivity contribution in [1.29, 1.82) is 0 Å². The van der Waals surface area contributed by atoms with Gasteiger partial charge in [-0.25, -0.2) is 4.39 Å². The SMILES string of the molecule is O=C(Nc1nn2c(-c3cccc(Cl)c3)nnc2s1)c1ccccc1F. The van der Waals surface area contributed by atoms with Crippen LogP contribution in [0.15, 0.2) is 48.5 Å². The van der Waals surface area contributed by atoms with Gasteiger partial charge < -0.3 is 0 Å². The summed E-state index contributed by atoms with van der Waals surface area (Å²) in [6, 6.07) is 12.9. The Morgan fingerprint density at radius 1 is 1.16 bits per heavy atom.